The first-order chi connectivity index (χ1) is 11.4. The van der Waals surface area contributed by atoms with E-state index in [1.165, 1.54) is 25.7 Å². The van der Waals surface area contributed by atoms with Crippen LogP contribution in [0, 0.1) is 41.7 Å². The third-order valence-corrected chi connectivity index (χ3v) is 5.90. The van der Waals surface area contributed by atoms with Gasteiger partial charge in [0.1, 0.15) is 11.4 Å². The number of hydrogen-bond acceptors (Lipinski definition) is 4. The highest BCUT2D eigenvalue weighted by Crippen LogP contribution is 2.49. The number of carbonyl (C=O) groups excluding carboxylic acids is 1. The van der Waals surface area contributed by atoms with Gasteiger partial charge in [-0.2, -0.15) is 5.10 Å². The normalized spacial score (nSPS) is 26.5. The van der Waals surface area contributed by atoms with E-state index in [4.69, 9.17) is 0 Å². The Kier molecular flexibility index (Phi) is 4.60. The third-order valence-electron chi connectivity index (χ3n) is 5.90. The summed E-state index contributed by atoms with van der Waals surface area (Å²) in [5.41, 5.74) is 0.950. The van der Waals surface area contributed by atoms with Gasteiger partial charge in [-0.3, -0.25) is 19.6 Å². The summed E-state index contributed by atoms with van der Waals surface area (Å²) in [6.45, 7) is 5.78. The number of nitro groups is 1. The third kappa shape index (κ3) is 3.16. The molecule has 2 bridgehead atoms. The van der Waals surface area contributed by atoms with E-state index in [1.807, 2.05) is 0 Å². The quantitative estimate of drug-likeness (QED) is 0.640. The zero-order valence-corrected chi connectivity index (χ0v) is 14.6. The van der Waals surface area contributed by atoms with Crippen LogP contribution in [0.3, 0.4) is 0 Å². The van der Waals surface area contributed by atoms with Crippen molar-refractivity contribution in [1.29, 1.82) is 0 Å². The Balaban J connectivity index is 1.53. The van der Waals surface area contributed by atoms with Crippen LogP contribution in [0.25, 0.3) is 0 Å². The van der Waals surface area contributed by atoms with Gasteiger partial charge >= 0.3 is 5.69 Å². The number of nitrogens with one attached hydrogen (secondary N) is 1. The highest BCUT2D eigenvalue weighted by atomic mass is 16.6. The molecule has 2 saturated carbocycles. The van der Waals surface area contributed by atoms with Gasteiger partial charge < -0.3 is 5.32 Å². The lowest BCUT2D eigenvalue weighted by Gasteiger charge is -2.28. The van der Waals surface area contributed by atoms with E-state index < -0.39 is 4.92 Å². The van der Waals surface area contributed by atoms with Crippen LogP contribution < -0.4 is 5.32 Å². The molecule has 0 aromatic carbocycles. The molecule has 7 heteroatoms. The minimum absolute atomic E-state index is 0.000444. The Bertz CT molecular complexity index is 655. The number of aryl methyl sites for hydroxylation is 2. The summed E-state index contributed by atoms with van der Waals surface area (Å²) in [5.74, 6) is 2.27. The highest BCUT2D eigenvalue weighted by Gasteiger charge is 2.42. The van der Waals surface area contributed by atoms with Crippen LogP contribution in [0.5, 0.6) is 0 Å². The first-order valence-corrected chi connectivity index (χ1v) is 8.84. The highest BCUT2D eigenvalue weighted by molar-refractivity contribution is 5.76. The van der Waals surface area contributed by atoms with Gasteiger partial charge in [0.15, 0.2) is 0 Å². The van der Waals surface area contributed by atoms with Crippen molar-refractivity contribution in [1.82, 2.24) is 15.1 Å². The van der Waals surface area contributed by atoms with E-state index in [0.29, 0.717) is 30.3 Å². The first kappa shape index (κ1) is 16.9. The molecule has 2 aliphatic carbocycles. The number of nitrogens with zero attached hydrogens (tertiary/aromatic N) is 3. The fourth-order valence-corrected chi connectivity index (χ4v) is 4.72. The molecule has 1 N–H and O–H groups in total. The second-order valence-electron chi connectivity index (χ2n) is 7.44. The van der Waals surface area contributed by atoms with Gasteiger partial charge in [0.25, 0.3) is 0 Å². The van der Waals surface area contributed by atoms with Crippen LogP contribution in [0.2, 0.25) is 0 Å². The number of amides is 1. The predicted octanol–water partition coefficient (Wildman–Crippen LogP) is 2.74. The molecule has 1 aromatic rings. The minimum atomic E-state index is -0.411. The van der Waals surface area contributed by atoms with Gasteiger partial charge in [-0.25, -0.2) is 0 Å². The Morgan fingerprint density at radius 2 is 2.17 bits per heavy atom. The van der Waals surface area contributed by atoms with E-state index in [9.17, 15) is 14.9 Å². The average Bonchev–Trinajstić information content (AvgIpc) is 3.19. The van der Waals surface area contributed by atoms with Crippen LogP contribution in [0.1, 0.15) is 50.4 Å². The zero-order valence-electron chi connectivity index (χ0n) is 14.6. The summed E-state index contributed by atoms with van der Waals surface area (Å²) in [6.07, 6.45) is 5.55. The number of hydrogen-bond donors (Lipinski definition) is 1. The van der Waals surface area contributed by atoms with Gasteiger partial charge in [0.2, 0.25) is 5.91 Å². The van der Waals surface area contributed by atoms with Crippen LogP contribution in [0.15, 0.2) is 0 Å². The predicted molar refractivity (Wildman–Crippen MR) is 89.5 cm³/mol. The molecule has 24 heavy (non-hydrogen) atoms. The average molecular weight is 334 g/mol. The maximum Gasteiger partial charge on any atom is 0.312 e. The molecular weight excluding hydrogens is 308 g/mol. The molecule has 2 fully saturated rings. The van der Waals surface area contributed by atoms with Crippen molar-refractivity contribution in [3.05, 3.63) is 21.5 Å². The molecule has 3 rings (SSSR count). The van der Waals surface area contributed by atoms with E-state index >= 15 is 0 Å². The lowest BCUT2D eigenvalue weighted by molar-refractivity contribution is -0.386. The maximum absolute atomic E-state index is 12.2. The van der Waals surface area contributed by atoms with Crippen molar-refractivity contribution in [2.24, 2.45) is 17.8 Å². The van der Waals surface area contributed by atoms with Crippen molar-refractivity contribution >= 4 is 11.6 Å². The van der Waals surface area contributed by atoms with Crippen molar-refractivity contribution in [3.8, 4) is 0 Å². The molecule has 2 aliphatic rings. The number of aromatic nitrogens is 2. The van der Waals surface area contributed by atoms with Crippen molar-refractivity contribution in [3.63, 3.8) is 0 Å². The first-order valence-electron chi connectivity index (χ1n) is 8.84. The molecule has 0 radical (unpaired) electrons. The topological polar surface area (TPSA) is 90.1 Å². The number of carbonyl (C=O) groups is 1. The number of fused-ring (bicyclic) bond motifs is 2. The fraction of sp³-hybridized carbons (Fsp3) is 0.765. The lowest BCUT2D eigenvalue weighted by Crippen LogP contribution is -2.40. The lowest BCUT2D eigenvalue weighted by atomic mass is 9.84. The molecule has 0 unspecified atom stereocenters. The zero-order chi connectivity index (χ0) is 17.4. The van der Waals surface area contributed by atoms with E-state index in [2.05, 4.69) is 17.3 Å². The Morgan fingerprint density at radius 3 is 2.71 bits per heavy atom. The molecule has 0 spiro atoms. The Morgan fingerprint density at radius 1 is 1.42 bits per heavy atom. The Labute approximate surface area is 142 Å². The molecule has 1 aromatic heterocycles. The van der Waals surface area contributed by atoms with Crippen LogP contribution >= 0.6 is 0 Å². The summed E-state index contributed by atoms with van der Waals surface area (Å²) in [5, 5.41) is 18.3. The largest absolute Gasteiger partial charge is 0.353 e. The van der Waals surface area contributed by atoms with Gasteiger partial charge in [-0.05, 0) is 57.8 Å². The fourth-order valence-electron chi connectivity index (χ4n) is 4.72. The molecular formula is C17H26N4O3. The molecule has 7 nitrogen and oxygen atoms in total. The molecule has 0 aliphatic heterocycles. The van der Waals surface area contributed by atoms with E-state index in [-0.39, 0.29) is 17.6 Å². The van der Waals surface area contributed by atoms with Crippen molar-refractivity contribution in [2.75, 3.05) is 0 Å². The molecule has 1 amide bonds. The van der Waals surface area contributed by atoms with E-state index in [1.54, 1.807) is 18.5 Å². The standard InChI is InChI=1S/C17H26N4O3/c1-10(15-9-13-4-5-14(15)8-13)18-16(22)6-7-20-12(3)17(21(23)24)11(2)19-20/h10,13-15H,4-9H2,1-3H3,(H,18,22)/t10-,13-,14-,15+/m1/s1. The van der Waals surface area contributed by atoms with Gasteiger partial charge in [-0.15, -0.1) is 0 Å². The summed E-state index contributed by atoms with van der Waals surface area (Å²) >= 11 is 0. The summed E-state index contributed by atoms with van der Waals surface area (Å²) < 4.78 is 1.56. The van der Waals surface area contributed by atoms with Crippen molar-refractivity contribution < 1.29 is 9.72 Å². The maximum atomic E-state index is 12.2. The Hall–Kier alpha value is -1.92. The second-order valence-corrected chi connectivity index (χ2v) is 7.44. The second kappa shape index (κ2) is 6.53. The molecule has 4 atom stereocenters. The summed E-state index contributed by atoms with van der Waals surface area (Å²) in [6, 6.07) is 0.211. The van der Waals surface area contributed by atoms with Crippen LogP contribution in [0.4, 0.5) is 5.69 Å². The molecule has 1 heterocycles. The van der Waals surface area contributed by atoms with Gasteiger partial charge in [0.05, 0.1) is 11.5 Å². The SMILES string of the molecule is Cc1nn(CCC(=O)N[C@H](C)[C@@H]2C[C@@H]3CC[C@@H]2C3)c(C)c1[N+](=O)[O-]. The monoisotopic (exact) mass is 334 g/mol. The molecule has 0 saturated heterocycles. The number of rotatable bonds is 6. The van der Waals surface area contributed by atoms with Crippen molar-refractivity contribution in [2.45, 2.75) is 65.5 Å². The van der Waals surface area contributed by atoms with E-state index in [0.717, 1.165) is 11.8 Å². The summed E-state index contributed by atoms with van der Waals surface area (Å²) in [7, 11) is 0. The minimum Gasteiger partial charge on any atom is -0.353 e. The van der Waals surface area contributed by atoms with Gasteiger partial charge in [-0.1, -0.05) is 6.42 Å². The van der Waals surface area contributed by atoms with Gasteiger partial charge in [0, 0.05) is 12.5 Å². The van der Waals surface area contributed by atoms with Crippen LogP contribution in [-0.2, 0) is 11.3 Å². The summed E-state index contributed by atoms with van der Waals surface area (Å²) in [4.78, 5) is 22.9. The smallest absolute Gasteiger partial charge is 0.312 e. The van der Waals surface area contributed by atoms with Crippen LogP contribution in [-0.4, -0.2) is 26.7 Å². The molecule has 132 valence electrons.